The quantitative estimate of drug-likeness (QED) is 0.348. The molecule has 2 aromatic carbocycles. The predicted molar refractivity (Wildman–Crippen MR) is 136 cm³/mol. The molecule has 34 heavy (non-hydrogen) atoms. The van der Waals surface area contributed by atoms with E-state index in [0.717, 1.165) is 39.8 Å². The van der Waals surface area contributed by atoms with Crippen LogP contribution in [0.1, 0.15) is 54.6 Å². The highest BCUT2D eigenvalue weighted by Crippen LogP contribution is 2.61. The Labute approximate surface area is 204 Å². The summed E-state index contributed by atoms with van der Waals surface area (Å²) in [6, 6.07) is 17.7. The SMILES string of the molecule is O=C(O)c1cc(Nc2ccc(Nc3ccc(C45CC6CC(CC(C6)C4)C5)cc3Cl)cc2)ccn1. The monoisotopic (exact) mass is 473 g/mol. The fourth-order valence-corrected chi connectivity index (χ4v) is 7.22. The van der Waals surface area contributed by atoms with E-state index >= 15 is 0 Å². The number of carboxylic acids is 1. The second-order valence-electron chi connectivity index (χ2n) is 10.5. The van der Waals surface area contributed by atoms with Crippen molar-refractivity contribution in [1.82, 2.24) is 4.98 Å². The Kier molecular flexibility index (Phi) is 5.25. The number of nitrogens with zero attached hydrogens (tertiary/aromatic N) is 1. The van der Waals surface area contributed by atoms with Gasteiger partial charge in [-0.05, 0) is 116 Å². The molecule has 4 bridgehead atoms. The maximum absolute atomic E-state index is 11.1. The number of carboxylic acid groups (broad SMARTS) is 1. The smallest absolute Gasteiger partial charge is 0.354 e. The molecule has 4 aliphatic carbocycles. The number of halogens is 1. The van der Waals surface area contributed by atoms with Gasteiger partial charge >= 0.3 is 5.97 Å². The van der Waals surface area contributed by atoms with Crippen molar-refractivity contribution in [2.45, 2.75) is 43.9 Å². The summed E-state index contributed by atoms with van der Waals surface area (Å²) in [6.07, 6.45) is 9.82. The first-order valence-corrected chi connectivity index (χ1v) is 12.5. The van der Waals surface area contributed by atoms with Gasteiger partial charge in [-0.2, -0.15) is 0 Å². The van der Waals surface area contributed by atoms with Crippen molar-refractivity contribution < 1.29 is 9.90 Å². The number of pyridine rings is 1. The number of benzene rings is 2. The third-order valence-corrected chi connectivity index (χ3v) is 8.36. The van der Waals surface area contributed by atoms with Gasteiger partial charge in [0.15, 0.2) is 0 Å². The lowest BCUT2D eigenvalue weighted by molar-refractivity contribution is -0.00518. The van der Waals surface area contributed by atoms with Crippen molar-refractivity contribution in [3.63, 3.8) is 0 Å². The van der Waals surface area contributed by atoms with Crippen LogP contribution in [0.3, 0.4) is 0 Å². The van der Waals surface area contributed by atoms with E-state index in [9.17, 15) is 4.79 Å². The van der Waals surface area contributed by atoms with Crippen molar-refractivity contribution in [2.24, 2.45) is 17.8 Å². The van der Waals surface area contributed by atoms with E-state index in [0.29, 0.717) is 11.1 Å². The van der Waals surface area contributed by atoms with Crippen LogP contribution in [0.25, 0.3) is 0 Å². The third kappa shape index (κ3) is 4.03. The van der Waals surface area contributed by atoms with E-state index in [-0.39, 0.29) is 5.69 Å². The van der Waals surface area contributed by atoms with Crippen LogP contribution in [0.15, 0.2) is 60.8 Å². The topological polar surface area (TPSA) is 74.2 Å². The zero-order chi connectivity index (χ0) is 23.3. The van der Waals surface area contributed by atoms with E-state index in [1.54, 1.807) is 6.07 Å². The Morgan fingerprint density at radius 1 is 0.853 bits per heavy atom. The van der Waals surface area contributed by atoms with Crippen LogP contribution in [-0.2, 0) is 5.41 Å². The first kappa shape index (κ1) is 21.5. The van der Waals surface area contributed by atoms with E-state index < -0.39 is 5.97 Å². The molecule has 0 unspecified atom stereocenters. The minimum atomic E-state index is -1.05. The van der Waals surface area contributed by atoms with Crippen LogP contribution < -0.4 is 10.6 Å². The molecule has 4 aliphatic rings. The minimum absolute atomic E-state index is 0.00918. The molecule has 0 aliphatic heterocycles. The van der Waals surface area contributed by atoms with Gasteiger partial charge in [0, 0.05) is 23.3 Å². The number of hydrogen-bond acceptors (Lipinski definition) is 4. The highest BCUT2D eigenvalue weighted by atomic mass is 35.5. The van der Waals surface area contributed by atoms with Gasteiger partial charge in [0.2, 0.25) is 0 Å². The summed E-state index contributed by atoms with van der Waals surface area (Å²) in [5.74, 6) is 1.70. The van der Waals surface area contributed by atoms with Crippen molar-refractivity contribution in [2.75, 3.05) is 10.6 Å². The summed E-state index contributed by atoms with van der Waals surface area (Å²) in [4.78, 5) is 15.0. The summed E-state index contributed by atoms with van der Waals surface area (Å²) in [7, 11) is 0. The Hall–Kier alpha value is -3.05. The summed E-state index contributed by atoms with van der Waals surface area (Å²) >= 11 is 6.77. The van der Waals surface area contributed by atoms with Crippen LogP contribution in [0.4, 0.5) is 22.7 Å². The fourth-order valence-electron chi connectivity index (χ4n) is 6.99. The molecule has 4 saturated carbocycles. The van der Waals surface area contributed by atoms with Gasteiger partial charge < -0.3 is 15.7 Å². The Bertz CT molecular complexity index is 1210. The van der Waals surface area contributed by atoms with E-state index in [1.165, 1.54) is 56.4 Å². The number of nitrogens with one attached hydrogen (secondary N) is 2. The van der Waals surface area contributed by atoms with Gasteiger partial charge in [-0.25, -0.2) is 9.78 Å². The molecule has 0 spiro atoms. The lowest BCUT2D eigenvalue weighted by Gasteiger charge is -2.57. The first-order valence-electron chi connectivity index (χ1n) is 12.1. The zero-order valence-corrected chi connectivity index (χ0v) is 19.7. The number of anilines is 4. The summed E-state index contributed by atoms with van der Waals surface area (Å²) < 4.78 is 0. The maximum atomic E-state index is 11.1. The third-order valence-electron chi connectivity index (χ3n) is 8.05. The van der Waals surface area contributed by atoms with Gasteiger partial charge in [-0.1, -0.05) is 17.7 Å². The summed E-state index contributed by atoms with van der Waals surface area (Å²) in [6.45, 7) is 0. The first-order chi connectivity index (χ1) is 16.5. The molecule has 1 heterocycles. The number of aromatic nitrogens is 1. The Balaban J connectivity index is 1.15. The van der Waals surface area contributed by atoms with E-state index in [2.05, 4.69) is 33.8 Å². The second-order valence-corrected chi connectivity index (χ2v) is 10.9. The van der Waals surface area contributed by atoms with Gasteiger partial charge in [0.05, 0.1) is 10.7 Å². The maximum Gasteiger partial charge on any atom is 0.354 e. The number of aromatic carboxylic acids is 1. The highest BCUT2D eigenvalue weighted by molar-refractivity contribution is 6.33. The average molecular weight is 474 g/mol. The van der Waals surface area contributed by atoms with Crippen LogP contribution in [0.2, 0.25) is 5.02 Å². The number of rotatable bonds is 6. The van der Waals surface area contributed by atoms with Gasteiger partial charge in [0.25, 0.3) is 0 Å². The molecule has 3 N–H and O–H groups in total. The van der Waals surface area contributed by atoms with Crippen molar-refractivity contribution in [3.8, 4) is 0 Å². The Morgan fingerprint density at radius 2 is 1.47 bits per heavy atom. The van der Waals surface area contributed by atoms with Gasteiger partial charge in [0.1, 0.15) is 5.69 Å². The molecule has 4 fully saturated rings. The molecule has 5 nitrogen and oxygen atoms in total. The van der Waals surface area contributed by atoms with Gasteiger partial charge in [-0.3, -0.25) is 0 Å². The molecule has 0 saturated heterocycles. The molecule has 3 aromatic rings. The van der Waals surface area contributed by atoms with E-state index in [1.807, 2.05) is 24.3 Å². The molecule has 0 radical (unpaired) electrons. The van der Waals surface area contributed by atoms with E-state index in [4.69, 9.17) is 16.7 Å². The molecule has 6 heteroatoms. The largest absolute Gasteiger partial charge is 0.477 e. The highest BCUT2D eigenvalue weighted by Gasteiger charge is 2.51. The van der Waals surface area contributed by atoms with Crippen molar-refractivity contribution >= 4 is 40.3 Å². The summed E-state index contributed by atoms with van der Waals surface area (Å²) in [5, 5.41) is 16.5. The molecule has 0 atom stereocenters. The molecule has 0 amide bonds. The van der Waals surface area contributed by atoms with Crippen LogP contribution >= 0.6 is 11.6 Å². The minimum Gasteiger partial charge on any atom is -0.477 e. The lowest BCUT2D eigenvalue weighted by atomic mass is 9.48. The van der Waals surface area contributed by atoms with Crippen LogP contribution in [0.5, 0.6) is 0 Å². The lowest BCUT2D eigenvalue weighted by Crippen LogP contribution is -2.48. The van der Waals surface area contributed by atoms with Crippen LogP contribution in [0, 0.1) is 17.8 Å². The standard InChI is InChI=1S/C28H28ClN3O2/c29-24-12-20(28-14-17-9-18(15-28)11-19(10-17)16-28)1-6-25(24)32-22-4-2-21(3-5-22)31-23-7-8-30-26(13-23)27(33)34/h1-8,12-13,17-19,32H,9-11,14-16H2,(H,30,31)(H,33,34). The van der Waals surface area contributed by atoms with Crippen LogP contribution in [-0.4, -0.2) is 16.1 Å². The predicted octanol–water partition coefficient (Wildman–Crippen LogP) is 7.39. The molecule has 174 valence electrons. The Morgan fingerprint density at radius 3 is 2.06 bits per heavy atom. The van der Waals surface area contributed by atoms with Crippen molar-refractivity contribution in [3.05, 3.63) is 77.1 Å². The molecule has 1 aromatic heterocycles. The number of hydrogen-bond donors (Lipinski definition) is 3. The zero-order valence-electron chi connectivity index (χ0n) is 18.9. The molecule has 7 rings (SSSR count). The second kappa shape index (κ2) is 8.31. The average Bonchev–Trinajstić information content (AvgIpc) is 2.81. The molecular formula is C28H28ClN3O2. The number of carbonyl (C=O) groups is 1. The normalized spacial score (nSPS) is 26.9. The molecular weight excluding hydrogens is 446 g/mol. The van der Waals surface area contributed by atoms with Crippen molar-refractivity contribution in [1.29, 1.82) is 0 Å². The van der Waals surface area contributed by atoms with Gasteiger partial charge in [-0.15, -0.1) is 0 Å². The fraction of sp³-hybridized carbons (Fsp3) is 0.357. The summed E-state index contributed by atoms with van der Waals surface area (Å²) in [5.41, 5.74) is 5.17.